The highest BCUT2D eigenvalue weighted by Gasteiger charge is 2.67. The summed E-state index contributed by atoms with van der Waals surface area (Å²) >= 11 is 0. The Hall–Kier alpha value is -3.21. The lowest BCUT2D eigenvalue weighted by Crippen LogP contribution is -2.45. The molecule has 162 valence electrons. The first-order valence-corrected chi connectivity index (χ1v) is 11.4. The van der Waals surface area contributed by atoms with E-state index in [1.807, 2.05) is 50.2 Å². The molecule has 2 saturated carbocycles. The van der Waals surface area contributed by atoms with E-state index in [9.17, 15) is 14.4 Å². The maximum Gasteiger partial charge on any atom is 0.259 e. The summed E-state index contributed by atoms with van der Waals surface area (Å²) in [6.45, 7) is 3.92. The van der Waals surface area contributed by atoms with Crippen LogP contribution in [0.3, 0.4) is 0 Å². The SMILES string of the molecule is Cc1ccc(N(CN2C(=O)[C@@H]3[C@@H]4C=C[C@H]([C@@H]5C[C@H]45)[C@@H]3C2=O)C(=O)c2ccccc2)c(C)c1. The number of nitrogens with zero attached hydrogens (tertiary/aromatic N) is 2. The highest BCUT2D eigenvalue weighted by molar-refractivity contribution is 6.10. The minimum absolute atomic E-state index is 0.0446. The van der Waals surface area contributed by atoms with E-state index < -0.39 is 0 Å². The third kappa shape index (κ3) is 2.73. The van der Waals surface area contributed by atoms with Crippen molar-refractivity contribution >= 4 is 23.4 Å². The molecular weight excluding hydrogens is 400 g/mol. The highest BCUT2D eigenvalue weighted by atomic mass is 16.2. The van der Waals surface area contributed by atoms with Crippen molar-refractivity contribution in [3.05, 3.63) is 77.4 Å². The zero-order chi connectivity index (χ0) is 22.1. The molecule has 0 radical (unpaired) electrons. The Morgan fingerprint density at radius 2 is 1.56 bits per heavy atom. The first kappa shape index (κ1) is 19.5. The molecule has 5 heteroatoms. The summed E-state index contributed by atoms with van der Waals surface area (Å²) < 4.78 is 0. The molecular formula is C27H26N2O3. The minimum Gasteiger partial charge on any atom is -0.289 e. The first-order valence-electron chi connectivity index (χ1n) is 11.4. The van der Waals surface area contributed by atoms with Gasteiger partial charge in [0.1, 0.15) is 6.67 Å². The normalized spacial score (nSPS) is 31.5. The number of amides is 3. The Morgan fingerprint density at radius 1 is 0.938 bits per heavy atom. The smallest absolute Gasteiger partial charge is 0.259 e. The van der Waals surface area contributed by atoms with Gasteiger partial charge in [-0.3, -0.25) is 24.2 Å². The monoisotopic (exact) mass is 426 g/mol. The van der Waals surface area contributed by atoms with Gasteiger partial charge in [0.05, 0.1) is 11.8 Å². The lowest BCUT2D eigenvalue weighted by molar-refractivity contribution is -0.140. The minimum atomic E-state index is -0.256. The molecule has 2 aromatic rings. The van der Waals surface area contributed by atoms with Gasteiger partial charge in [-0.2, -0.15) is 0 Å². The number of benzene rings is 2. The number of hydrogen-bond acceptors (Lipinski definition) is 3. The number of aryl methyl sites for hydroxylation is 2. The fraction of sp³-hybridized carbons (Fsp3) is 0.370. The Balaban J connectivity index is 1.36. The van der Waals surface area contributed by atoms with Crippen molar-refractivity contribution in [2.45, 2.75) is 20.3 Å². The molecule has 1 heterocycles. The molecule has 6 atom stereocenters. The van der Waals surface area contributed by atoms with E-state index in [-0.39, 0.29) is 48.1 Å². The molecule has 4 aliphatic carbocycles. The lowest BCUT2D eigenvalue weighted by atomic mass is 9.63. The van der Waals surface area contributed by atoms with Crippen LogP contribution in [0.5, 0.6) is 0 Å². The number of hydrogen-bond donors (Lipinski definition) is 0. The van der Waals surface area contributed by atoms with Crippen LogP contribution >= 0.6 is 0 Å². The molecule has 0 N–H and O–H groups in total. The van der Waals surface area contributed by atoms with E-state index in [2.05, 4.69) is 12.2 Å². The van der Waals surface area contributed by atoms with Crippen LogP contribution in [-0.4, -0.2) is 29.3 Å². The van der Waals surface area contributed by atoms with Crippen LogP contribution in [0.2, 0.25) is 0 Å². The second-order valence-corrected chi connectivity index (χ2v) is 9.79. The third-order valence-corrected chi connectivity index (χ3v) is 7.95. The van der Waals surface area contributed by atoms with E-state index in [0.717, 1.165) is 23.2 Å². The Kier molecular flexibility index (Phi) is 4.19. The van der Waals surface area contributed by atoms with E-state index in [1.165, 1.54) is 4.90 Å². The van der Waals surface area contributed by atoms with Crippen molar-refractivity contribution in [2.24, 2.45) is 35.5 Å². The van der Waals surface area contributed by atoms with Crippen LogP contribution < -0.4 is 4.90 Å². The van der Waals surface area contributed by atoms with Gasteiger partial charge in [-0.05, 0) is 67.7 Å². The summed E-state index contributed by atoms with van der Waals surface area (Å²) in [6, 6.07) is 14.9. The van der Waals surface area contributed by atoms with Crippen molar-refractivity contribution in [3.63, 3.8) is 0 Å². The summed E-state index contributed by atoms with van der Waals surface area (Å²) in [5, 5.41) is 0. The summed E-state index contributed by atoms with van der Waals surface area (Å²) in [7, 11) is 0. The second kappa shape index (κ2) is 6.89. The maximum absolute atomic E-state index is 13.6. The predicted molar refractivity (Wildman–Crippen MR) is 121 cm³/mol. The number of imide groups is 1. The van der Waals surface area contributed by atoms with Gasteiger partial charge >= 0.3 is 0 Å². The van der Waals surface area contributed by atoms with Crippen molar-refractivity contribution in [1.82, 2.24) is 4.90 Å². The van der Waals surface area contributed by atoms with Crippen molar-refractivity contribution < 1.29 is 14.4 Å². The molecule has 2 aromatic carbocycles. The van der Waals surface area contributed by atoms with Gasteiger partial charge in [0, 0.05) is 11.3 Å². The van der Waals surface area contributed by atoms with E-state index in [4.69, 9.17) is 0 Å². The molecule has 1 saturated heterocycles. The Morgan fingerprint density at radius 3 is 2.16 bits per heavy atom. The molecule has 3 amide bonds. The molecule has 0 spiro atoms. The van der Waals surface area contributed by atoms with Crippen molar-refractivity contribution in [1.29, 1.82) is 0 Å². The highest BCUT2D eigenvalue weighted by Crippen LogP contribution is 2.65. The molecule has 0 unspecified atom stereocenters. The number of rotatable bonds is 4. The number of anilines is 1. The number of carbonyl (C=O) groups is 3. The lowest BCUT2D eigenvalue weighted by Gasteiger charge is -2.37. The van der Waals surface area contributed by atoms with Gasteiger partial charge in [-0.25, -0.2) is 0 Å². The van der Waals surface area contributed by atoms with Crippen LogP contribution in [0, 0.1) is 49.4 Å². The average Bonchev–Trinajstić information content (AvgIpc) is 3.58. The van der Waals surface area contributed by atoms with Crippen molar-refractivity contribution in [3.8, 4) is 0 Å². The zero-order valence-electron chi connectivity index (χ0n) is 18.3. The predicted octanol–water partition coefficient (Wildman–Crippen LogP) is 3.96. The van der Waals surface area contributed by atoms with Gasteiger partial charge in [-0.15, -0.1) is 0 Å². The first-order chi connectivity index (χ1) is 15.5. The van der Waals surface area contributed by atoms with Crippen molar-refractivity contribution in [2.75, 3.05) is 11.6 Å². The standard InChI is InChI=1S/C27H26N2O3/c1-15-8-11-22(16(2)12-15)28(25(30)17-6-4-3-5-7-17)14-29-26(31)23-18-9-10-19(21-13-20(18)21)24(23)27(29)32/h3-12,18-21,23-24H,13-14H2,1-2H3/t18-,19-,20-,21+,23-,24+/m1/s1. The van der Waals surface area contributed by atoms with Crippen LogP contribution in [0.1, 0.15) is 27.9 Å². The van der Waals surface area contributed by atoms with Gasteiger partial charge in [-0.1, -0.05) is 48.0 Å². The van der Waals surface area contributed by atoms with E-state index in [0.29, 0.717) is 17.4 Å². The molecule has 3 fully saturated rings. The summed E-state index contributed by atoms with van der Waals surface area (Å²) in [6.07, 6.45) is 5.48. The fourth-order valence-corrected chi connectivity index (χ4v) is 6.39. The molecule has 5 aliphatic rings. The van der Waals surface area contributed by atoms with Gasteiger partial charge in [0.15, 0.2) is 0 Å². The quantitative estimate of drug-likeness (QED) is 0.549. The van der Waals surface area contributed by atoms with Gasteiger partial charge in [0.25, 0.3) is 5.91 Å². The molecule has 0 aromatic heterocycles. The molecule has 32 heavy (non-hydrogen) atoms. The van der Waals surface area contributed by atoms with Crippen LogP contribution in [0.15, 0.2) is 60.7 Å². The molecule has 2 bridgehead atoms. The molecule has 5 nitrogen and oxygen atoms in total. The summed E-state index contributed by atoms with van der Waals surface area (Å²) in [4.78, 5) is 43.5. The summed E-state index contributed by atoms with van der Waals surface area (Å²) in [5.74, 6) is 0.529. The van der Waals surface area contributed by atoms with E-state index >= 15 is 0 Å². The average molecular weight is 427 g/mol. The summed E-state index contributed by atoms with van der Waals surface area (Å²) in [5.41, 5.74) is 3.30. The number of carbonyl (C=O) groups excluding carboxylic acids is 3. The van der Waals surface area contributed by atoms with Crippen LogP contribution in [-0.2, 0) is 9.59 Å². The topological polar surface area (TPSA) is 57.7 Å². The van der Waals surface area contributed by atoms with E-state index in [1.54, 1.807) is 17.0 Å². The fourth-order valence-electron chi connectivity index (χ4n) is 6.39. The maximum atomic E-state index is 13.6. The third-order valence-electron chi connectivity index (χ3n) is 7.95. The Bertz CT molecular complexity index is 1130. The second-order valence-electron chi connectivity index (χ2n) is 9.79. The van der Waals surface area contributed by atoms with Crippen LogP contribution in [0.4, 0.5) is 5.69 Å². The van der Waals surface area contributed by atoms with Gasteiger partial charge in [0.2, 0.25) is 11.8 Å². The number of likely N-dealkylation sites (tertiary alicyclic amines) is 1. The molecule has 1 aliphatic heterocycles. The van der Waals surface area contributed by atoms with Crippen LogP contribution in [0.25, 0.3) is 0 Å². The molecule has 7 rings (SSSR count). The Labute approximate surface area is 187 Å². The number of allylic oxidation sites excluding steroid dienone is 2. The van der Waals surface area contributed by atoms with Gasteiger partial charge < -0.3 is 0 Å². The zero-order valence-corrected chi connectivity index (χ0v) is 18.3. The largest absolute Gasteiger partial charge is 0.289 e.